The second kappa shape index (κ2) is 11.2. The van der Waals surface area contributed by atoms with Crippen LogP contribution in [-0.2, 0) is 17.5 Å². The quantitative estimate of drug-likeness (QED) is 0.324. The Morgan fingerprint density at radius 3 is 2.71 bits per heavy atom. The summed E-state index contributed by atoms with van der Waals surface area (Å²) >= 11 is 0. The maximum absolute atomic E-state index is 12.9. The number of pyridine rings is 1. The number of alkyl halides is 3. The maximum Gasteiger partial charge on any atom is 0.419 e. The van der Waals surface area contributed by atoms with Gasteiger partial charge >= 0.3 is 6.18 Å². The van der Waals surface area contributed by atoms with Gasteiger partial charge in [0.2, 0.25) is 0 Å². The first-order chi connectivity index (χ1) is 13.5. The van der Waals surface area contributed by atoms with E-state index in [-0.39, 0.29) is 12.4 Å². The van der Waals surface area contributed by atoms with Gasteiger partial charge in [0, 0.05) is 39.5 Å². The molecule has 0 saturated heterocycles. The van der Waals surface area contributed by atoms with Crippen LogP contribution < -0.4 is 16.0 Å². The molecule has 0 spiro atoms. The van der Waals surface area contributed by atoms with Gasteiger partial charge in [-0.3, -0.25) is 4.99 Å². The molecule has 2 aromatic heterocycles. The lowest BCUT2D eigenvalue weighted by Crippen LogP contribution is -2.40. The molecule has 10 heteroatoms. The van der Waals surface area contributed by atoms with Crippen LogP contribution >= 0.6 is 0 Å². The molecule has 0 aromatic carbocycles. The predicted octanol–water partition coefficient (Wildman–Crippen LogP) is 2.88. The van der Waals surface area contributed by atoms with Crippen LogP contribution in [0.25, 0.3) is 0 Å². The Morgan fingerprint density at radius 2 is 2.00 bits per heavy atom. The van der Waals surface area contributed by atoms with Crippen molar-refractivity contribution in [1.29, 1.82) is 0 Å². The molecule has 0 aliphatic rings. The lowest BCUT2D eigenvalue weighted by molar-refractivity contribution is -0.137. The monoisotopic (exact) mass is 399 g/mol. The van der Waals surface area contributed by atoms with Gasteiger partial charge in [-0.15, -0.1) is 0 Å². The van der Waals surface area contributed by atoms with E-state index in [0.717, 1.165) is 18.2 Å². The number of ether oxygens (including phenoxy) is 1. The number of furan rings is 1. The summed E-state index contributed by atoms with van der Waals surface area (Å²) in [6.07, 6.45) is -0.759. The number of guanidine groups is 1. The third kappa shape index (κ3) is 7.47. The highest BCUT2D eigenvalue weighted by Gasteiger charge is 2.33. The van der Waals surface area contributed by atoms with E-state index >= 15 is 0 Å². The Balaban J connectivity index is 1.60. The zero-order valence-corrected chi connectivity index (χ0v) is 15.6. The molecular weight excluding hydrogens is 375 g/mol. The van der Waals surface area contributed by atoms with Crippen molar-refractivity contribution in [3.8, 4) is 0 Å². The Morgan fingerprint density at radius 1 is 1.18 bits per heavy atom. The molecule has 28 heavy (non-hydrogen) atoms. The first-order valence-corrected chi connectivity index (χ1v) is 8.81. The molecule has 0 aliphatic heterocycles. The average molecular weight is 399 g/mol. The number of rotatable bonds is 10. The highest BCUT2D eigenvalue weighted by molar-refractivity contribution is 5.79. The van der Waals surface area contributed by atoms with Gasteiger partial charge in [-0.25, -0.2) is 4.98 Å². The van der Waals surface area contributed by atoms with E-state index in [1.165, 1.54) is 12.3 Å². The Bertz CT molecular complexity index is 720. The zero-order chi connectivity index (χ0) is 20.2. The van der Waals surface area contributed by atoms with E-state index in [2.05, 4.69) is 25.9 Å². The molecule has 0 radical (unpaired) electrons. The SMILES string of the molecule is CN=C(NCCCOCc1ccco1)NCCNc1ncccc1C(F)(F)F. The first-order valence-electron chi connectivity index (χ1n) is 8.81. The van der Waals surface area contributed by atoms with E-state index in [4.69, 9.17) is 9.15 Å². The number of anilines is 1. The van der Waals surface area contributed by atoms with Gasteiger partial charge in [-0.2, -0.15) is 13.2 Å². The Kier molecular flexibility index (Phi) is 8.60. The predicted molar refractivity (Wildman–Crippen MR) is 100 cm³/mol. The normalized spacial score (nSPS) is 12.1. The van der Waals surface area contributed by atoms with Gasteiger partial charge in [0.15, 0.2) is 5.96 Å². The molecule has 0 fully saturated rings. The minimum absolute atomic E-state index is 0.187. The van der Waals surface area contributed by atoms with Crippen LogP contribution in [0, 0.1) is 0 Å². The molecular formula is C18H24F3N5O2. The summed E-state index contributed by atoms with van der Waals surface area (Å²) < 4.78 is 49.4. The van der Waals surface area contributed by atoms with Gasteiger partial charge < -0.3 is 25.1 Å². The fourth-order valence-corrected chi connectivity index (χ4v) is 2.31. The third-order valence-electron chi connectivity index (χ3n) is 3.63. The second-order valence-corrected chi connectivity index (χ2v) is 5.74. The third-order valence-corrected chi connectivity index (χ3v) is 3.63. The summed E-state index contributed by atoms with van der Waals surface area (Å²) in [6.45, 7) is 2.27. The molecule has 3 N–H and O–H groups in total. The number of nitrogens with zero attached hydrogens (tertiary/aromatic N) is 2. The number of hydrogen-bond acceptors (Lipinski definition) is 5. The fraction of sp³-hybridized carbons (Fsp3) is 0.444. The molecule has 0 aliphatic carbocycles. The van der Waals surface area contributed by atoms with Crippen molar-refractivity contribution in [2.45, 2.75) is 19.2 Å². The van der Waals surface area contributed by atoms with Crippen LogP contribution in [-0.4, -0.2) is 44.2 Å². The van der Waals surface area contributed by atoms with Gasteiger partial charge in [0.25, 0.3) is 0 Å². The molecule has 154 valence electrons. The van der Waals surface area contributed by atoms with Crippen molar-refractivity contribution in [3.63, 3.8) is 0 Å². The number of nitrogens with one attached hydrogen (secondary N) is 3. The zero-order valence-electron chi connectivity index (χ0n) is 15.6. The van der Waals surface area contributed by atoms with E-state index in [1.807, 2.05) is 12.1 Å². The minimum atomic E-state index is -4.44. The topological polar surface area (TPSA) is 83.7 Å². The highest BCUT2D eigenvalue weighted by atomic mass is 19.4. The highest BCUT2D eigenvalue weighted by Crippen LogP contribution is 2.33. The summed E-state index contributed by atoms with van der Waals surface area (Å²) in [6, 6.07) is 5.91. The van der Waals surface area contributed by atoms with Crippen molar-refractivity contribution in [2.24, 2.45) is 4.99 Å². The van der Waals surface area contributed by atoms with Gasteiger partial charge in [-0.05, 0) is 30.7 Å². The molecule has 0 saturated carbocycles. The second-order valence-electron chi connectivity index (χ2n) is 5.74. The van der Waals surface area contributed by atoms with Crippen LogP contribution in [0.2, 0.25) is 0 Å². The molecule has 0 unspecified atom stereocenters. The number of hydrogen-bond donors (Lipinski definition) is 3. The maximum atomic E-state index is 12.9. The fourth-order valence-electron chi connectivity index (χ4n) is 2.31. The largest absolute Gasteiger partial charge is 0.467 e. The molecule has 2 aromatic rings. The van der Waals surface area contributed by atoms with Crippen LogP contribution in [0.15, 0.2) is 46.1 Å². The number of halogens is 3. The molecule has 7 nitrogen and oxygen atoms in total. The lowest BCUT2D eigenvalue weighted by Gasteiger charge is -2.15. The molecule has 0 bridgehead atoms. The van der Waals surface area contributed by atoms with E-state index in [1.54, 1.807) is 13.3 Å². The van der Waals surface area contributed by atoms with Crippen LogP contribution in [0.3, 0.4) is 0 Å². The van der Waals surface area contributed by atoms with E-state index in [0.29, 0.717) is 32.3 Å². The van der Waals surface area contributed by atoms with Crippen molar-refractivity contribution in [1.82, 2.24) is 15.6 Å². The molecule has 2 heterocycles. The molecule has 2 rings (SSSR count). The summed E-state index contributed by atoms with van der Waals surface area (Å²) in [7, 11) is 1.62. The smallest absolute Gasteiger partial charge is 0.419 e. The molecule has 0 amide bonds. The summed E-state index contributed by atoms with van der Waals surface area (Å²) in [5, 5.41) is 8.82. The van der Waals surface area contributed by atoms with Crippen LogP contribution in [0.5, 0.6) is 0 Å². The lowest BCUT2D eigenvalue weighted by atomic mass is 10.2. The molecule has 0 atom stereocenters. The Hall–Kier alpha value is -2.75. The van der Waals surface area contributed by atoms with Crippen molar-refractivity contribution < 1.29 is 22.3 Å². The number of aromatic nitrogens is 1. The summed E-state index contributed by atoms with van der Waals surface area (Å²) in [5.41, 5.74) is -0.785. The van der Waals surface area contributed by atoms with Gasteiger partial charge in [-0.1, -0.05) is 0 Å². The summed E-state index contributed by atoms with van der Waals surface area (Å²) in [5.74, 6) is 1.15. The van der Waals surface area contributed by atoms with Gasteiger partial charge in [0.05, 0.1) is 11.8 Å². The van der Waals surface area contributed by atoms with Crippen LogP contribution in [0.1, 0.15) is 17.7 Å². The van der Waals surface area contributed by atoms with Crippen LogP contribution in [0.4, 0.5) is 19.0 Å². The van der Waals surface area contributed by atoms with Gasteiger partial charge in [0.1, 0.15) is 18.2 Å². The number of aliphatic imine (C=N–C) groups is 1. The Labute approximate surface area is 161 Å². The standard InChI is InChI=1S/C18H24F3N5O2/c1-22-17(25-8-4-11-27-13-14-5-3-12-28-14)26-10-9-24-16-15(18(19,20)21)6-2-7-23-16/h2-3,5-7,12H,4,8-11,13H2,1H3,(H,23,24)(H2,22,25,26). The van der Waals surface area contributed by atoms with Crippen molar-refractivity contribution in [3.05, 3.63) is 48.0 Å². The summed E-state index contributed by atoms with van der Waals surface area (Å²) in [4.78, 5) is 7.82. The van der Waals surface area contributed by atoms with E-state index < -0.39 is 11.7 Å². The van der Waals surface area contributed by atoms with E-state index in [9.17, 15) is 13.2 Å². The first kappa shape index (κ1) is 21.5. The minimum Gasteiger partial charge on any atom is -0.467 e. The van der Waals surface area contributed by atoms with Crippen molar-refractivity contribution in [2.75, 3.05) is 38.6 Å². The average Bonchev–Trinajstić information content (AvgIpc) is 3.19. The van der Waals surface area contributed by atoms with Crippen molar-refractivity contribution >= 4 is 11.8 Å².